The lowest BCUT2D eigenvalue weighted by molar-refractivity contribution is -0.137. The Morgan fingerprint density at radius 1 is 1.04 bits per heavy atom. The van der Waals surface area contributed by atoms with Gasteiger partial charge in [-0.15, -0.1) is 0 Å². The Morgan fingerprint density at radius 2 is 1.77 bits per heavy atom. The zero-order chi connectivity index (χ0) is 18.4. The minimum absolute atomic E-state index is 0.117. The van der Waals surface area contributed by atoms with Crippen LogP contribution in [0.2, 0.25) is 5.02 Å². The van der Waals surface area contributed by atoms with Crippen molar-refractivity contribution in [2.75, 3.05) is 13.1 Å². The third kappa shape index (κ3) is 4.88. The third-order valence-electron chi connectivity index (χ3n) is 5.32. The van der Waals surface area contributed by atoms with Gasteiger partial charge in [0.2, 0.25) is 11.8 Å². The van der Waals surface area contributed by atoms with E-state index in [1.807, 2.05) is 24.3 Å². The maximum absolute atomic E-state index is 12.5. The number of carbonyl (C=O) groups excluding carboxylic acids is 2. The van der Waals surface area contributed by atoms with E-state index in [9.17, 15) is 9.59 Å². The molecule has 1 fully saturated rings. The predicted octanol–water partition coefficient (Wildman–Crippen LogP) is 3.79. The van der Waals surface area contributed by atoms with Crippen LogP contribution in [0.25, 0.3) is 0 Å². The van der Waals surface area contributed by atoms with E-state index in [-0.39, 0.29) is 11.8 Å². The molecule has 140 valence electrons. The van der Waals surface area contributed by atoms with Crippen LogP contribution in [0, 0.1) is 5.41 Å². The average molecular weight is 375 g/mol. The van der Waals surface area contributed by atoms with E-state index in [2.05, 4.69) is 16.7 Å². The van der Waals surface area contributed by atoms with E-state index in [4.69, 9.17) is 11.6 Å². The van der Waals surface area contributed by atoms with Gasteiger partial charge in [-0.3, -0.25) is 9.59 Å². The highest BCUT2D eigenvalue weighted by atomic mass is 35.5. The number of hydrogen-bond donors (Lipinski definition) is 2. The van der Waals surface area contributed by atoms with E-state index in [0.717, 1.165) is 24.8 Å². The van der Waals surface area contributed by atoms with E-state index >= 15 is 0 Å². The number of amides is 2. The molecule has 2 amide bonds. The lowest BCUT2D eigenvalue weighted by atomic mass is 9.97. The molecule has 2 N–H and O–H groups in total. The highest BCUT2D eigenvalue weighted by Gasteiger charge is 2.56. The van der Waals surface area contributed by atoms with Gasteiger partial charge in [-0.1, -0.05) is 35.4 Å². The van der Waals surface area contributed by atoms with Crippen LogP contribution >= 0.6 is 11.6 Å². The zero-order valence-corrected chi connectivity index (χ0v) is 15.9. The second-order valence-corrected chi connectivity index (χ2v) is 7.77. The zero-order valence-electron chi connectivity index (χ0n) is 15.2. The molecular weight excluding hydrogens is 348 g/mol. The minimum Gasteiger partial charge on any atom is -0.355 e. The SMILES string of the molecule is O=C(NCCC1=CCCCC1)C1(C(=O)NCCc2cccc(Cl)c2)CC1. The first kappa shape index (κ1) is 19.0. The summed E-state index contributed by atoms with van der Waals surface area (Å²) in [6, 6.07) is 7.61. The van der Waals surface area contributed by atoms with Crippen LogP contribution in [0.4, 0.5) is 0 Å². The van der Waals surface area contributed by atoms with Crippen molar-refractivity contribution in [3.05, 3.63) is 46.5 Å². The van der Waals surface area contributed by atoms with Crippen molar-refractivity contribution in [1.82, 2.24) is 10.6 Å². The summed E-state index contributed by atoms with van der Waals surface area (Å²) in [5, 5.41) is 6.59. The summed E-state index contributed by atoms with van der Waals surface area (Å²) in [5.74, 6) is -0.261. The van der Waals surface area contributed by atoms with E-state index in [1.165, 1.54) is 18.4 Å². The monoisotopic (exact) mass is 374 g/mol. The third-order valence-corrected chi connectivity index (χ3v) is 5.56. The molecule has 0 spiro atoms. The highest BCUT2D eigenvalue weighted by Crippen LogP contribution is 2.46. The Hall–Kier alpha value is -1.81. The fourth-order valence-corrected chi connectivity index (χ4v) is 3.71. The van der Waals surface area contributed by atoms with Crippen molar-refractivity contribution >= 4 is 23.4 Å². The van der Waals surface area contributed by atoms with Crippen molar-refractivity contribution in [3.8, 4) is 0 Å². The fourth-order valence-electron chi connectivity index (χ4n) is 3.50. The highest BCUT2D eigenvalue weighted by molar-refractivity contribution is 6.30. The van der Waals surface area contributed by atoms with Gasteiger partial charge < -0.3 is 10.6 Å². The van der Waals surface area contributed by atoms with Gasteiger partial charge in [0.1, 0.15) is 5.41 Å². The Balaban J connectivity index is 1.41. The Morgan fingerprint density at radius 3 is 2.38 bits per heavy atom. The maximum Gasteiger partial charge on any atom is 0.235 e. The number of allylic oxidation sites excluding steroid dienone is 1. The van der Waals surface area contributed by atoms with Crippen LogP contribution in [-0.2, 0) is 16.0 Å². The first-order valence-electron chi connectivity index (χ1n) is 9.59. The molecule has 0 heterocycles. The molecule has 0 radical (unpaired) electrons. The first-order valence-corrected chi connectivity index (χ1v) is 9.97. The van der Waals surface area contributed by atoms with Crippen LogP contribution in [0.15, 0.2) is 35.9 Å². The first-order chi connectivity index (χ1) is 12.6. The summed E-state index contributed by atoms with van der Waals surface area (Å²) < 4.78 is 0. The largest absolute Gasteiger partial charge is 0.355 e. The maximum atomic E-state index is 12.5. The number of halogens is 1. The topological polar surface area (TPSA) is 58.2 Å². The van der Waals surface area contributed by atoms with E-state index < -0.39 is 5.41 Å². The van der Waals surface area contributed by atoms with Gasteiger partial charge in [0, 0.05) is 18.1 Å². The van der Waals surface area contributed by atoms with E-state index in [0.29, 0.717) is 37.4 Å². The van der Waals surface area contributed by atoms with Gasteiger partial charge in [0.15, 0.2) is 0 Å². The molecule has 0 unspecified atom stereocenters. The summed E-state index contributed by atoms with van der Waals surface area (Å²) >= 11 is 5.97. The summed E-state index contributed by atoms with van der Waals surface area (Å²) in [6.45, 7) is 1.14. The molecule has 26 heavy (non-hydrogen) atoms. The lowest BCUT2D eigenvalue weighted by Crippen LogP contribution is -2.43. The lowest BCUT2D eigenvalue weighted by Gasteiger charge is -2.17. The predicted molar refractivity (Wildman–Crippen MR) is 104 cm³/mol. The number of carbonyl (C=O) groups is 2. The second-order valence-electron chi connectivity index (χ2n) is 7.33. The molecule has 0 aromatic heterocycles. The Bertz CT molecular complexity index is 695. The van der Waals surface area contributed by atoms with Gasteiger partial charge >= 0.3 is 0 Å². The van der Waals surface area contributed by atoms with Gasteiger partial charge in [-0.05, 0) is 69.1 Å². The van der Waals surface area contributed by atoms with Gasteiger partial charge in [0.25, 0.3) is 0 Å². The summed E-state index contributed by atoms with van der Waals surface area (Å²) in [4.78, 5) is 25.0. The van der Waals surface area contributed by atoms with Gasteiger partial charge in [0.05, 0.1) is 0 Å². The molecule has 0 saturated heterocycles. The Kier molecular flexibility index (Phi) is 6.36. The van der Waals surface area contributed by atoms with Crippen LogP contribution in [0.3, 0.4) is 0 Å². The van der Waals surface area contributed by atoms with Crippen molar-refractivity contribution in [2.45, 2.75) is 51.4 Å². The number of hydrogen-bond acceptors (Lipinski definition) is 2. The molecule has 2 aliphatic rings. The molecule has 1 saturated carbocycles. The summed E-state index contributed by atoms with van der Waals surface area (Å²) in [5.41, 5.74) is 1.68. The van der Waals surface area contributed by atoms with Crippen LogP contribution in [-0.4, -0.2) is 24.9 Å². The van der Waals surface area contributed by atoms with Crippen molar-refractivity contribution in [1.29, 1.82) is 0 Å². The minimum atomic E-state index is -0.838. The molecule has 0 aliphatic heterocycles. The fraction of sp³-hybridized carbons (Fsp3) is 0.524. The van der Waals surface area contributed by atoms with Crippen LogP contribution in [0.1, 0.15) is 50.5 Å². The molecular formula is C21H27ClN2O2. The molecule has 2 aliphatic carbocycles. The quantitative estimate of drug-likeness (QED) is 0.537. The number of nitrogens with one attached hydrogen (secondary N) is 2. The smallest absolute Gasteiger partial charge is 0.235 e. The van der Waals surface area contributed by atoms with Crippen molar-refractivity contribution in [3.63, 3.8) is 0 Å². The molecule has 0 bridgehead atoms. The molecule has 3 rings (SSSR count). The normalized spacial score (nSPS) is 18.0. The molecule has 1 aromatic rings. The second kappa shape index (κ2) is 8.72. The molecule has 1 aromatic carbocycles. The number of rotatable bonds is 8. The van der Waals surface area contributed by atoms with Crippen LogP contribution < -0.4 is 10.6 Å². The summed E-state index contributed by atoms with van der Waals surface area (Å²) in [6.07, 6.45) is 10.0. The van der Waals surface area contributed by atoms with E-state index in [1.54, 1.807) is 0 Å². The molecule has 5 heteroatoms. The van der Waals surface area contributed by atoms with Crippen molar-refractivity contribution in [2.24, 2.45) is 5.41 Å². The van der Waals surface area contributed by atoms with Crippen molar-refractivity contribution < 1.29 is 9.59 Å². The average Bonchev–Trinajstić information content (AvgIpc) is 3.45. The standard InChI is InChI=1S/C21H27ClN2O2/c22-18-8-4-7-17(15-18)10-14-24-20(26)21(11-12-21)19(25)23-13-9-16-5-2-1-3-6-16/h4-5,7-8,15H,1-3,6,9-14H2,(H,23,25)(H,24,26). The van der Waals surface area contributed by atoms with Gasteiger partial charge in [-0.2, -0.15) is 0 Å². The number of benzene rings is 1. The molecule has 0 atom stereocenters. The summed E-state index contributed by atoms with van der Waals surface area (Å²) in [7, 11) is 0. The Labute approximate surface area is 160 Å². The van der Waals surface area contributed by atoms with Gasteiger partial charge in [-0.25, -0.2) is 0 Å². The van der Waals surface area contributed by atoms with Crippen LogP contribution in [0.5, 0.6) is 0 Å². The molecule has 4 nitrogen and oxygen atoms in total.